The van der Waals surface area contributed by atoms with Gasteiger partial charge >= 0.3 is 0 Å². The molecule has 1 aliphatic heterocycles. The molecule has 6 heteroatoms. The Morgan fingerprint density at radius 3 is 2.85 bits per heavy atom. The van der Waals surface area contributed by atoms with Crippen LogP contribution in [0.4, 0.5) is 0 Å². The van der Waals surface area contributed by atoms with Crippen LogP contribution in [0.3, 0.4) is 0 Å². The fourth-order valence-electron chi connectivity index (χ4n) is 2.06. The van der Waals surface area contributed by atoms with Gasteiger partial charge in [0.2, 0.25) is 12.7 Å². The first-order valence-corrected chi connectivity index (χ1v) is 6.48. The molecule has 1 atom stereocenters. The lowest BCUT2D eigenvalue weighted by molar-refractivity contribution is -0.122. The molecule has 0 saturated heterocycles. The predicted molar refractivity (Wildman–Crippen MR) is 79.1 cm³/mol. The lowest BCUT2D eigenvalue weighted by Crippen LogP contribution is -2.41. The van der Waals surface area contributed by atoms with Crippen LogP contribution in [0.25, 0.3) is 0 Å². The average molecular weight is 301 g/mol. The molecule has 20 heavy (non-hydrogen) atoms. The predicted octanol–water partition coefficient (Wildman–Crippen LogP) is 1.83. The maximum absolute atomic E-state index is 11.8. The molecule has 0 radical (unpaired) electrons. The molecule has 0 fully saturated rings. The van der Waals surface area contributed by atoms with E-state index < -0.39 is 6.04 Å². The summed E-state index contributed by atoms with van der Waals surface area (Å²) in [6.45, 7) is 4.72. The number of fused-ring (bicyclic) bond motifs is 1. The Morgan fingerprint density at radius 1 is 1.40 bits per heavy atom. The van der Waals surface area contributed by atoms with Gasteiger partial charge in [-0.3, -0.25) is 4.79 Å². The highest BCUT2D eigenvalue weighted by Crippen LogP contribution is 2.35. The van der Waals surface area contributed by atoms with E-state index in [0.29, 0.717) is 24.6 Å². The average Bonchev–Trinajstić information content (AvgIpc) is 2.83. The van der Waals surface area contributed by atoms with Gasteiger partial charge in [0.05, 0.1) is 6.04 Å². The molecular weight excluding hydrogens is 280 g/mol. The minimum Gasteiger partial charge on any atom is -0.454 e. The van der Waals surface area contributed by atoms with Crippen LogP contribution in [0.15, 0.2) is 18.2 Å². The van der Waals surface area contributed by atoms with E-state index >= 15 is 0 Å². The van der Waals surface area contributed by atoms with Crippen molar-refractivity contribution in [2.45, 2.75) is 32.9 Å². The standard InChI is InChI=1S/C14H20N2O3.ClH/c1-9(2)6-11(15)14(17)16-7-10-4-3-5-12-13(10)19-8-18-12;/h3-5,9,11H,6-8,15H2,1-2H3,(H,16,17);1H/t11-;/m0./s1. The van der Waals surface area contributed by atoms with Gasteiger partial charge in [0.15, 0.2) is 11.5 Å². The van der Waals surface area contributed by atoms with Crippen LogP contribution in [-0.4, -0.2) is 18.7 Å². The van der Waals surface area contributed by atoms with Crippen LogP contribution in [0, 0.1) is 5.92 Å². The van der Waals surface area contributed by atoms with Gasteiger partial charge in [-0.1, -0.05) is 26.0 Å². The number of benzene rings is 1. The number of nitrogens with one attached hydrogen (secondary N) is 1. The van der Waals surface area contributed by atoms with Gasteiger partial charge in [-0.15, -0.1) is 12.4 Å². The van der Waals surface area contributed by atoms with Crippen molar-refractivity contribution in [2.75, 3.05) is 6.79 Å². The fraction of sp³-hybridized carbons (Fsp3) is 0.500. The summed E-state index contributed by atoms with van der Waals surface area (Å²) in [4.78, 5) is 11.8. The summed E-state index contributed by atoms with van der Waals surface area (Å²) in [5.74, 6) is 1.70. The second kappa shape index (κ2) is 7.36. The molecule has 0 saturated carbocycles. The highest BCUT2D eigenvalue weighted by molar-refractivity contribution is 5.85. The Hall–Kier alpha value is -1.46. The summed E-state index contributed by atoms with van der Waals surface area (Å²) in [7, 11) is 0. The van der Waals surface area contributed by atoms with Crippen molar-refractivity contribution in [3.63, 3.8) is 0 Å². The van der Waals surface area contributed by atoms with Gasteiger partial charge in [0, 0.05) is 12.1 Å². The van der Waals surface area contributed by atoms with Crippen LogP contribution in [0.5, 0.6) is 11.5 Å². The summed E-state index contributed by atoms with van der Waals surface area (Å²) in [5.41, 5.74) is 6.73. The van der Waals surface area contributed by atoms with Crippen LogP contribution < -0.4 is 20.5 Å². The quantitative estimate of drug-likeness (QED) is 0.870. The molecule has 112 valence electrons. The number of carbonyl (C=O) groups is 1. The van der Waals surface area contributed by atoms with Crippen LogP contribution >= 0.6 is 12.4 Å². The molecule has 1 aromatic carbocycles. The van der Waals surface area contributed by atoms with Crippen molar-refractivity contribution >= 4 is 18.3 Å². The van der Waals surface area contributed by atoms with Crippen LogP contribution in [-0.2, 0) is 11.3 Å². The second-order valence-corrected chi connectivity index (χ2v) is 5.10. The molecule has 1 heterocycles. The van der Waals surface area contributed by atoms with Crippen molar-refractivity contribution in [3.05, 3.63) is 23.8 Å². The van der Waals surface area contributed by atoms with Gasteiger partial charge in [0.25, 0.3) is 0 Å². The third-order valence-electron chi connectivity index (χ3n) is 2.99. The van der Waals surface area contributed by atoms with Gasteiger partial charge in [-0.2, -0.15) is 0 Å². The monoisotopic (exact) mass is 300 g/mol. The minimum atomic E-state index is -0.464. The SMILES string of the molecule is CC(C)C[C@H](N)C(=O)NCc1cccc2c1OCO2.Cl. The molecule has 1 aliphatic rings. The molecule has 0 bridgehead atoms. The number of rotatable bonds is 5. The maximum Gasteiger partial charge on any atom is 0.237 e. The lowest BCUT2D eigenvalue weighted by Gasteiger charge is -2.14. The summed E-state index contributed by atoms with van der Waals surface area (Å²) in [5, 5.41) is 2.83. The summed E-state index contributed by atoms with van der Waals surface area (Å²) < 4.78 is 10.7. The van der Waals surface area contributed by atoms with E-state index in [9.17, 15) is 4.79 Å². The zero-order valence-corrected chi connectivity index (χ0v) is 12.5. The van der Waals surface area contributed by atoms with Crippen molar-refractivity contribution < 1.29 is 14.3 Å². The Morgan fingerprint density at radius 2 is 2.15 bits per heavy atom. The van der Waals surface area contributed by atoms with Gasteiger partial charge in [-0.25, -0.2) is 0 Å². The zero-order chi connectivity index (χ0) is 13.8. The van der Waals surface area contributed by atoms with Crippen LogP contribution in [0.2, 0.25) is 0 Å². The van der Waals surface area contributed by atoms with E-state index in [4.69, 9.17) is 15.2 Å². The molecule has 5 nitrogen and oxygen atoms in total. The lowest BCUT2D eigenvalue weighted by atomic mass is 10.0. The third kappa shape index (κ3) is 4.02. The number of hydrogen-bond acceptors (Lipinski definition) is 4. The smallest absolute Gasteiger partial charge is 0.237 e. The van der Waals surface area contributed by atoms with E-state index in [1.54, 1.807) is 0 Å². The minimum absolute atomic E-state index is 0. The van der Waals surface area contributed by atoms with Gasteiger partial charge < -0.3 is 20.5 Å². The van der Waals surface area contributed by atoms with Gasteiger partial charge in [-0.05, 0) is 18.4 Å². The second-order valence-electron chi connectivity index (χ2n) is 5.10. The summed E-state index contributed by atoms with van der Waals surface area (Å²) in [6, 6.07) is 5.16. The first-order chi connectivity index (χ1) is 9.08. The molecule has 1 aromatic rings. The largest absolute Gasteiger partial charge is 0.454 e. The Balaban J connectivity index is 0.00000200. The molecule has 1 amide bonds. The van der Waals surface area contributed by atoms with Crippen molar-refractivity contribution in [2.24, 2.45) is 11.7 Å². The molecular formula is C14H21ClN2O3. The third-order valence-corrected chi connectivity index (χ3v) is 2.99. The van der Waals surface area contributed by atoms with Crippen molar-refractivity contribution in [1.29, 1.82) is 0 Å². The number of hydrogen-bond donors (Lipinski definition) is 2. The Bertz CT molecular complexity index is 466. The normalized spacial score (nSPS) is 13.8. The van der Waals surface area contributed by atoms with Crippen molar-refractivity contribution in [1.82, 2.24) is 5.32 Å². The highest BCUT2D eigenvalue weighted by atomic mass is 35.5. The highest BCUT2D eigenvalue weighted by Gasteiger charge is 2.19. The summed E-state index contributed by atoms with van der Waals surface area (Å²) >= 11 is 0. The van der Waals surface area contributed by atoms with E-state index in [-0.39, 0.29) is 25.1 Å². The molecule has 0 unspecified atom stereocenters. The van der Waals surface area contributed by atoms with Crippen LogP contribution in [0.1, 0.15) is 25.8 Å². The molecule has 0 aliphatic carbocycles. The van der Waals surface area contributed by atoms with E-state index in [1.165, 1.54) is 0 Å². The molecule has 0 spiro atoms. The number of halogens is 1. The summed E-state index contributed by atoms with van der Waals surface area (Å²) in [6.07, 6.45) is 0.679. The molecule has 0 aromatic heterocycles. The van der Waals surface area contributed by atoms with Gasteiger partial charge in [0.1, 0.15) is 0 Å². The first kappa shape index (κ1) is 16.6. The number of para-hydroxylation sites is 1. The first-order valence-electron chi connectivity index (χ1n) is 6.48. The number of nitrogens with two attached hydrogens (primary N) is 1. The van der Waals surface area contributed by atoms with E-state index in [1.807, 2.05) is 32.0 Å². The van der Waals surface area contributed by atoms with E-state index in [2.05, 4.69) is 5.32 Å². The van der Waals surface area contributed by atoms with E-state index in [0.717, 1.165) is 11.3 Å². The van der Waals surface area contributed by atoms with Crippen molar-refractivity contribution in [3.8, 4) is 11.5 Å². The number of amides is 1. The molecule has 3 N–H and O–H groups in total. The molecule has 2 rings (SSSR count). The maximum atomic E-state index is 11.8. The zero-order valence-electron chi connectivity index (χ0n) is 11.7. The fourth-order valence-corrected chi connectivity index (χ4v) is 2.06. The Labute approximate surface area is 125 Å². The number of carbonyl (C=O) groups excluding carboxylic acids is 1. The topological polar surface area (TPSA) is 73.6 Å². The Kier molecular flexibility index (Phi) is 6.10. The number of ether oxygens (including phenoxy) is 2.